The van der Waals surface area contributed by atoms with E-state index in [1.165, 1.54) is 38.5 Å². The highest BCUT2D eigenvalue weighted by atomic mass is 33.5. The highest BCUT2D eigenvalue weighted by Crippen LogP contribution is 2.55. The fraction of sp³-hybridized carbons (Fsp3) is 1.00. The highest BCUT2D eigenvalue weighted by Gasteiger charge is 2.29. The van der Waals surface area contributed by atoms with Crippen LogP contribution < -0.4 is 0 Å². The van der Waals surface area contributed by atoms with Gasteiger partial charge < -0.3 is 0 Å². The van der Waals surface area contributed by atoms with Gasteiger partial charge in [0, 0.05) is 10.5 Å². The van der Waals surface area contributed by atoms with Crippen LogP contribution in [0, 0.1) is 0 Å². The van der Waals surface area contributed by atoms with Crippen molar-refractivity contribution in [3.8, 4) is 0 Å². The van der Waals surface area contributed by atoms with Crippen LogP contribution in [-0.2, 0) is 0 Å². The molecule has 2 aliphatic rings. The van der Waals surface area contributed by atoms with Gasteiger partial charge in [0.25, 0.3) is 0 Å². The molecular formula is C8H14S3. The van der Waals surface area contributed by atoms with E-state index in [2.05, 4.69) is 21.6 Å². The Bertz CT molecular complexity index is 113. The summed E-state index contributed by atoms with van der Waals surface area (Å²) in [5.74, 6) is 0. The molecule has 11 heavy (non-hydrogen) atoms. The fourth-order valence-corrected chi connectivity index (χ4v) is 8.16. The van der Waals surface area contributed by atoms with E-state index in [0.29, 0.717) is 0 Å². The maximum atomic E-state index is 2.13. The van der Waals surface area contributed by atoms with Gasteiger partial charge in [-0.2, -0.15) is 0 Å². The minimum absolute atomic E-state index is 0.991. The van der Waals surface area contributed by atoms with Crippen molar-refractivity contribution in [2.75, 3.05) is 0 Å². The third-order valence-corrected chi connectivity index (χ3v) is 7.79. The van der Waals surface area contributed by atoms with Gasteiger partial charge in [0.1, 0.15) is 0 Å². The van der Waals surface area contributed by atoms with E-state index >= 15 is 0 Å². The molecule has 0 amide bonds. The van der Waals surface area contributed by atoms with E-state index in [9.17, 15) is 0 Å². The normalized spacial score (nSPS) is 39.3. The molecule has 1 saturated carbocycles. The Labute approximate surface area is 80.5 Å². The average molecular weight is 206 g/mol. The molecule has 0 aromatic carbocycles. The van der Waals surface area contributed by atoms with Gasteiger partial charge in [0.05, 0.1) is 0 Å². The summed E-state index contributed by atoms with van der Waals surface area (Å²) >= 11 is 0. The summed E-state index contributed by atoms with van der Waals surface area (Å²) in [5.41, 5.74) is 0. The third-order valence-electron chi connectivity index (χ3n) is 2.47. The lowest BCUT2D eigenvalue weighted by atomic mass is 10.0. The first-order valence-corrected chi connectivity index (χ1v) is 8.06. The summed E-state index contributed by atoms with van der Waals surface area (Å²) in [6, 6.07) is 0. The average Bonchev–Trinajstić information content (AvgIpc) is 2.35. The minimum atomic E-state index is 0.991. The zero-order chi connectivity index (χ0) is 7.52. The molecule has 0 nitrogen and oxygen atoms in total. The summed E-state index contributed by atoms with van der Waals surface area (Å²) in [5, 5.41) is 1.98. The Kier molecular flexibility index (Phi) is 3.40. The molecule has 1 saturated heterocycles. The van der Waals surface area contributed by atoms with Crippen LogP contribution in [0.25, 0.3) is 0 Å². The van der Waals surface area contributed by atoms with Gasteiger partial charge in [-0.05, 0) is 22.7 Å². The van der Waals surface area contributed by atoms with Gasteiger partial charge in [-0.25, -0.2) is 0 Å². The molecule has 1 aliphatic carbocycles. The lowest BCUT2D eigenvalue weighted by Crippen LogP contribution is -2.16. The maximum absolute atomic E-state index is 2.13. The maximum Gasteiger partial charge on any atom is 0.0287 e. The van der Waals surface area contributed by atoms with Crippen molar-refractivity contribution >= 4 is 31.4 Å². The Morgan fingerprint density at radius 1 is 0.727 bits per heavy atom. The van der Waals surface area contributed by atoms with Crippen LogP contribution in [0.15, 0.2) is 0 Å². The molecule has 1 heterocycles. The minimum Gasteiger partial charge on any atom is -0.0779 e. The van der Waals surface area contributed by atoms with Crippen molar-refractivity contribution in [1.29, 1.82) is 0 Å². The Hall–Kier alpha value is 1.05. The predicted molar refractivity (Wildman–Crippen MR) is 58.1 cm³/mol. The Balaban J connectivity index is 1.89. The van der Waals surface area contributed by atoms with E-state index in [1.54, 1.807) is 0 Å². The molecule has 2 atom stereocenters. The van der Waals surface area contributed by atoms with Crippen LogP contribution in [-0.4, -0.2) is 10.5 Å². The van der Waals surface area contributed by atoms with Crippen molar-refractivity contribution in [3.63, 3.8) is 0 Å². The standard InChI is InChI=1S/C8H14S3/c1-2-4-6-8-7(5-3-1)9-11-10-8/h7-8H,1-6H2/t7-,8+. The second-order valence-electron chi connectivity index (χ2n) is 3.33. The second-order valence-corrected chi connectivity index (χ2v) is 7.85. The molecule has 0 N–H and O–H groups in total. The molecule has 0 radical (unpaired) electrons. The SMILES string of the molecule is C1CCC[C@H]2SSS[C@H]2CC1. The summed E-state index contributed by atoms with van der Waals surface area (Å²) in [6.45, 7) is 0. The van der Waals surface area contributed by atoms with Crippen LogP contribution in [0.3, 0.4) is 0 Å². The first kappa shape index (κ1) is 8.64. The van der Waals surface area contributed by atoms with Crippen molar-refractivity contribution in [1.82, 2.24) is 0 Å². The lowest BCUT2D eigenvalue weighted by Gasteiger charge is -2.19. The fourth-order valence-electron chi connectivity index (χ4n) is 1.76. The van der Waals surface area contributed by atoms with Gasteiger partial charge in [-0.15, -0.1) is 0 Å². The topological polar surface area (TPSA) is 0 Å². The molecule has 64 valence electrons. The molecule has 0 spiro atoms. The van der Waals surface area contributed by atoms with Crippen LogP contribution >= 0.6 is 31.4 Å². The molecule has 0 aromatic heterocycles. The first-order chi connectivity index (χ1) is 5.47. The van der Waals surface area contributed by atoms with Crippen molar-refractivity contribution < 1.29 is 0 Å². The number of rotatable bonds is 0. The van der Waals surface area contributed by atoms with E-state index in [0.717, 1.165) is 10.5 Å². The van der Waals surface area contributed by atoms with Crippen LogP contribution in [0.1, 0.15) is 38.5 Å². The first-order valence-electron chi connectivity index (χ1n) is 4.45. The lowest BCUT2D eigenvalue weighted by molar-refractivity contribution is 0.524. The van der Waals surface area contributed by atoms with Crippen molar-refractivity contribution in [2.45, 2.75) is 49.0 Å². The molecule has 0 unspecified atom stereocenters. The van der Waals surface area contributed by atoms with Crippen LogP contribution in [0.2, 0.25) is 0 Å². The summed E-state index contributed by atoms with van der Waals surface area (Å²) in [6.07, 6.45) is 8.90. The Morgan fingerprint density at radius 2 is 1.27 bits per heavy atom. The molecule has 3 heteroatoms. The zero-order valence-corrected chi connectivity index (χ0v) is 9.07. The molecule has 0 aromatic rings. The van der Waals surface area contributed by atoms with Gasteiger partial charge in [0.2, 0.25) is 0 Å². The van der Waals surface area contributed by atoms with E-state index in [-0.39, 0.29) is 0 Å². The highest BCUT2D eigenvalue weighted by molar-refractivity contribution is 9.11. The van der Waals surface area contributed by atoms with Gasteiger partial charge in [-0.3, -0.25) is 0 Å². The van der Waals surface area contributed by atoms with Gasteiger partial charge in [-0.1, -0.05) is 47.3 Å². The van der Waals surface area contributed by atoms with E-state index in [1.807, 2.05) is 9.83 Å². The molecular weight excluding hydrogens is 192 g/mol. The van der Waals surface area contributed by atoms with Gasteiger partial charge >= 0.3 is 0 Å². The Morgan fingerprint density at radius 3 is 1.82 bits per heavy atom. The van der Waals surface area contributed by atoms with Crippen molar-refractivity contribution in [3.05, 3.63) is 0 Å². The quantitative estimate of drug-likeness (QED) is 0.547. The summed E-state index contributed by atoms with van der Waals surface area (Å²) in [7, 11) is 6.29. The van der Waals surface area contributed by atoms with Gasteiger partial charge in [0.15, 0.2) is 0 Å². The second kappa shape index (κ2) is 4.33. The number of hydrogen-bond acceptors (Lipinski definition) is 3. The number of hydrogen-bond donors (Lipinski definition) is 0. The molecule has 1 aliphatic heterocycles. The van der Waals surface area contributed by atoms with Crippen molar-refractivity contribution in [2.24, 2.45) is 0 Å². The molecule has 2 fully saturated rings. The summed E-state index contributed by atoms with van der Waals surface area (Å²) < 4.78 is 0. The summed E-state index contributed by atoms with van der Waals surface area (Å²) in [4.78, 5) is 0. The molecule has 0 bridgehead atoms. The number of fused-ring (bicyclic) bond motifs is 1. The monoisotopic (exact) mass is 206 g/mol. The molecule has 2 rings (SSSR count). The predicted octanol–water partition coefficient (Wildman–Crippen LogP) is 4.12. The third kappa shape index (κ3) is 2.25. The van der Waals surface area contributed by atoms with Crippen LogP contribution in [0.5, 0.6) is 0 Å². The van der Waals surface area contributed by atoms with E-state index < -0.39 is 0 Å². The largest absolute Gasteiger partial charge is 0.0779 e. The van der Waals surface area contributed by atoms with E-state index in [4.69, 9.17) is 0 Å². The zero-order valence-electron chi connectivity index (χ0n) is 6.62. The smallest absolute Gasteiger partial charge is 0.0287 e. The van der Waals surface area contributed by atoms with Crippen LogP contribution in [0.4, 0.5) is 0 Å².